The van der Waals surface area contributed by atoms with Crippen LogP contribution in [0.2, 0.25) is 0 Å². The van der Waals surface area contributed by atoms with Crippen molar-refractivity contribution in [1.29, 1.82) is 5.26 Å². The topological polar surface area (TPSA) is 64.4 Å². The minimum atomic E-state index is 0.206. The fourth-order valence-corrected chi connectivity index (χ4v) is 1.77. The lowest BCUT2D eigenvalue weighted by Crippen LogP contribution is -2.02. The van der Waals surface area contributed by atoms with Crippen LogP contribution in [0.15, 0.2) is 36.4 Å². The van der Waals surface area contributed by atoms with E-state index in [4.69, 9.17) is 19.5 Å². The van der Waals surface area contributed by atoms with E-state index < -0.39 is 0 Å². The summed E-state index contributed by atoms with van der Waals surface area (Å²) in [6, 6.07) is 10.8. The van der Waals surface area contributed by atoms with E-state index in [0.717, 1.165) is 5.69 Å². The molecule has 1 aromatic carbocycles. The average molecular weight is 270 g/mol. The van der Waals surface area contributed by atoms with Crippen molar-refractivity contribution < 1.29 is 14.2 Å². The Labute approximate surface area is 117 Å². The van der Waals surface area contributed by atoms with E-state index in [1.165, 1.54) is 0 Å². The van der Waals surface area contributed by atoms with E-state index in [2.05, 4.69) is 4.98 Å². The Kier molecular flexibility index (Phi) is 4.40. The lowest BCUT2D eigenvalue weighted by Gasteiger charge is -2.12. The predicted molar refractivity (Wildman–Crippen MR) is 72.5 cm³/mol. The number of hydrogen-bond acceptors (Lipinski definition) is 5. The summed E-state index contributed by atoms with van der Waals surface area (Å²) >= 11 is 0. The van der Waals surface area contributed by atoms with Crippen LogP contribution in [0.5, 0.6) is 17.4 Å². The normalized spacial score (nSPS) is 9.65. The molecule has 0 amide bonds. The molecule has 20 heavy (non-hydrogen) atoms. The van der Waals surface area contributed by atoms with Gasteiger partial charge < -0.3 is 14.2 Å². The molecule has 1 aromatic heterocycles. The summed E-state index contributed by atoms with van der Waals surface area (Å²) in [4.78, 5) is 4.25. The van der Waals surface area contributed by atoms with E-state index in [9.17, 15) is 0 Å². The predicted octanol–water partition coefficient (Wildman–Crippen LogP) is 2.84. The highest BCUT2D eigenvalue weighted by Crippen LogP contribution is 2.29. The highest BCUT2D eigenvalue weighted by Gasteiger charge is 2.12. The molecule has 0 saturated carbocycles. The molecule has 2 aromatic rings. The van der Waals surface area contributed by atoms with Crippen LogP contribution in [-0.4, -0.2) is 12.1 Å². The first-order valence-electron chi connectivity index (χ1n) is 6.03. The van der Waals surface area contributed by atoms with Crippen molar-refractivity contribution in [3.05, 3.63) is 47.7 Å². The maximum absolute atomic E-state index is 8.66. The molecule has 2 rings (SSSR count). The summed E-state index contributed by atoms with van der Waals surface area (Å²) in [6.07, 6.45) is 1.66. The second-order valence-corrected chi connectivity index (χ2v) is 4.04. The Hall–Kier alpha value is -2.74. The molecule has 0 saturated heterocycles. The molecule has 1 heterocycles. The quantitative estimate of drug-likeness (QED) is 0.782. The summed E-state index contributed by atoms with van der Waals surface area (Å²) in [5, 5.41) is 8.66. The summed E-state index contributed by atoms with van der Waals surface area (Å²) < 4.78 is 15.8. The zero-order valence-corrected chi connectivity index (χ0v) is 11.3. The number of methoxy groups -OCH3 is 1. The van der Waals surface area contributed by atoms with Gasteiger partial charge in [-0.15, -0.1) is 5.26 Å². The Balaban J connectivity index is 2.21. The first-order chi connectivity index (χ1) is 9.74. The number of aryl methyl sites for hydroxylation is 1. The van der Waals surface area contributed by atoms with Gasteiger partial charge >= 0.3 is 0 Å². The van der Waals surface area contributed by atoms with Crippen LogP contribution < -0.4 is 14.2 Å². The van der Waals surface area contributed by atoms with Gasteiger partial charge in [-0.25, -0.2) is 4.98 Å². The van der Waals surface area contributed by atoms with Crippen molar-refractivity contribution in [3.8, 4) is 23.6 Å². The Morgan fingerprint density at radius 1 is 1.15 bits per heavy atom. The van der Waals surface area contributed by atoms with Gasteiger partial charge in [0.1, 0.15) is 12.4 Å². The number of nitriles is 1. The number of hydrogen-bond donors (Lipinski definition) is 0. The van der Waals surface area contributed by atoms with E-state index in [1.807, 2.05) is 19.1 Å². The summed E-state index contributed by atoms with van der Waals surface area (Å²) in [6.45, 7) is 2.09. The summed E-state index contributed by atoms with van der Waals surface area (Å²) in [5.41, 5.74) is 1.54. The second kappa shape index (κ2) is 6.43. The third-order valence-corrected chi connectivity index (χ3v) is 2.69. The maximum atomic E-state index is 8.66. The zero-order valence-electron chi connectivity index (χ0n) is 11.3. The SMILES string of the molecule is COc1cccc(OC#N)c1COc1cccc(C)n1. The monoisotopic (exact) mass is 270 g/mol. The maximum Gasteiger partial charge on any atom is 0.292 e. The molecule has 0 aliphatic carbocycles. The van der Waals surface area contributed by atoms with Crippen LogP contribution in [0.1, 0.15) is 11.3 Å². The van der Waals surface area contributed by atoms with Gasteiger partial charge in [0.05, 0.1) is 12.7 Å². The Morgan fingerprint density at radius 3 is 2.60 bits per heavy atom. The van der Waals surface area contributed by atoms with Crippen LogP contribution in [0.25, 0.3) is 0 Å². The Bertz CT molecular complexity index is 635. The molecule has 0 N–H and O–H groups in total. The molecule has 0 radical (unpaired) electrons. The lowest BCUT2D eigenvalue weighted by atomic mass is 10.2. The molecule has 102 valence electrons. The molecule has 5 nitrogen and oxygen atoms in total. The molecule has 0 unspecified atom stereocenters. The molecular formula is C15H14N2O3. The summed E-state index contributed by atoms with van der Waals surface area (Å²) in [7, 11) is 1.56. The van der Waals surface area contributed by atoms with Gasteiger partial charge in [-0.3, -0.25) is 0 Å². The number of benzene rings is 1. The van der Waals surface area contributed by atoms with E-state index in [-0.39, 0.29) is 6.61 Å². The van der Waals surface area contributed by atoms with E-state index >= 15 is 0 Å². The van der Waals surface area contributed by atoms with Crippen LogP contribution in [0.4, 0.5) is 0 Å². The van der Waals surface area contributed by atoms with Crippen LogP contribution in [0.3, 0.4) is 0 Å². The van der Waals surface area contributed by atoms with Gasteiger partial charge in [0, 0.05) is 11.8 Å². The van der Waals surface area contributed by atoms with Crippen LogP contribution in [-0.2, 0) is 6.61 Å². The number of ether oxygens (including phenoxy) is 3. The third-order valence-electron chi connectivity index (χ3n) is 2.69. The lowest BCUT2D eigenvalue weighted by molar-refractivity contribution is 0.280. The van der Waals surface area contributed by atoms with Crippen molar-refractivity contribution in [1.82, 2.24) is 4.98 Å². The number of nitrogens with zero attached hydrogens (tertiary/aromatic N) is 2. The molecule has 5 heteroatoms. The first kappa shape index (κ1) is 13.7. The fraction of sp³-hybridized carbons (Fsp3) is 0.200. The highest BCUT2D eigenvalue weighted by atomic mass is 16.5. The molecule has 0 atom stereocenters. The minimum Gasteiger partial charge on any atom is -0.496 e. The molecule has 0 bridgehead atoms. The first-order valence-corrected chi connectivity index (χ1v) is 6.03. The molecular weight excluding hydrogens is 256 g/mol. The van der Waals surface area contributed by atoms with Crippen LogP contribution in [0, 0.1) is 18.4 Å². The van der Waals surface area contributed by atoms with Crippen molar-refractivity contribution in [3.63, 3.8) is 0 Å². The number of pyridine rings is 1. The third kappa shape index (κ3) is 3.18. The Morgan fingerprint density at radius 2 is 1.90 bits per heavy atom. The van der Waals surface area contributed by atoms with E-state index in [1.54, 1.807) is 37.6 Å². The van der Waals surface area contributed by atoms with Gasteiger partial charge in [0.15, 0.2) is 5.75 Å². The van der Waals surface area contributed by atoms with Gasteiger partial charge in [-0.05, 0) is 25.1 Å². The molecule has 0 aliphatic heterocycles. The van der Waals surface area contributed by atoms with Crippen molar-refractivity contribution in [2.45, 2.75) is 13.5 Å². The van der Waals surface area contributed by atoms with E-state index in [0.29, 0.717) is 22.9 Å². The highest BCUT2D eigenvalue weighted by molar-refractivity contribution is 5.45. The van der Waals surface area contributed by atoms with Crippen molar-refractivity contribution in [2.24, 2.45) is 0 Å². The van der Waals surface area contributed by atoms with Gasteiger partial charge in [0.2, 0.25) is 5.88 Å². The smallest absolute Gasteiger partial charge is 0.292 e. The summed E-state index contributed by atoms with van der Waals surface area (Å²) in [5.74, 6) is 1.53. The molecule has 0 fully saturated rings. The van der Waals surface area contributed by atoms with Crippen molar-refractivity contribution >= 4 is 0 Å². The number of aromatic nitrogens is 1. The van der Waals surface area contributed by atoms with Gasteiger partial charge in [-0.1, -0.05) is 12.1 Å². The minimum absolute atomic E-state index is 0.206. The van der Waals surface area contributed by atoms with Gasteiger partial charge in [0.25, 0.3) is 6.26 Å². The largest absolute Gasteiger partial charge is 0.496 e. The zero-order chi connectivity index (χ0) is 14.4. The molecule has 0 spiro atoms. The molecule has 0 aliphatic rings. The van der Waals surface area contributed by atoms with Gasteiger partial charge in [-0.2, -0.15) is 0 Å². The number of rotatable bonds is 5. The second-order valence-electron chi connectivity index (χ2n) is 4.04. The van der Waals surface area contributed by atoms with Crippen LogP contribution >= 0.6 is 0 Å². The average Bonchev–Trinajstić information content (AvgIpc) is 2.46. The standard InChI is InChI=1S/C15H14N2O3/c1-11-5-3-8-15(17-11)19-9-12-13(18-2)6-4-7-14(12)20-10-16/h3-8H,9H2,1-2H3. The van der Waals surface area contributed by atoms with Crippen molar-refractivity contribution in [2.75, 3.05) is 7.11 Å². The fourth-order valence-electron chi connectivity index (χ4n) is 1.77.